The van der Waals surface area contributed by atoms with E-state index in [0.717, 1.165) is 30.0 Å². The van der Waals surface area contributed by atoms with Crippen molar-refractivity contribution in [1.29, 1.82) is 0 Å². The minimum absolute atomic E-state index is 0.533. The summed E-state index contributed by atoms with van der Waals surface area (Å²) in [7, 11) is 0. The Hall–Kier alpha value is -0.760. The lowest BCUT2D eigenvalue weighted by Crippen LogP contribution is -2.34. The van der Waals surface area contributed by atoms with Crippen LogP contribution in [0.1, 0.15) is 51.3 Å². The largest absolute Gasteiger partial charge is 0.354 e. The van der Waals surface area contributed by atoms with Crippen LogP contribution in [0.4, 0.5) is 5.82 Å². The Bertz CT molecular complexity index is 366. The second-order valence-electron chi connectivity index (χ2n) is 4.85. The zero-order chi connectivity index (χ0) is 13.5. The third-order valence-electron chi connectivity index (χ3n) is 3.49. The molecule has 0 aliphatic carbocycles. The van der Waals surface area contributed by atoms with Gasteiger partial charge in [0.05, 0.1) is 0 Å². The second-order valence-corrected chi connectivity index (χ2v) is 5.12. The molecule has 0 radical (unpaired) electrons. The van der Waals surface area contributed by atoms with Crippen molar-refractivity contribution < 1.29 is 0 Å². The van der Waals surface area contributed by atoms with Gasteiger partial charge < -0.3 is 4.90 Å². The minimum atomic E-state index is 0.533. The summed E-state index contributed by atoms with van der Waals surface area (Å²) in [5.41, 5.74) is 2.17. The lowest BCUT2D eigenvalue weighted by molar-refractivity contribution is 0.589. The number of halogens is 1. The number of rotatable bonds is 7. The van der Waals surface area contributed by atoms with Crippen molar-refractivity contribution >= 4 is 17.4 Å². The first-order valence-electron chi connectivity index (χ1n) is 6.93. The van der Waals surface area contributed by atoms with E-state index in [0.29, 0.717) is 11.9 Å². The van der Waals surface area contributed by atoms with Gasteiger partial charge >= 0.3 is 0 Å². The molecule has 102 valence electrons. The number of nitrogens with zero attached hydrogens (tertiary/aromatic N) is 2. The van der Waals surface area contributed by atoms with Gasteiger partial charge in [-0.1, -0.05) is 26.3 Å². The predicted octanol–water partition coefficient (Wildman–Crippen LogP) is 4.53. The van der Waals surface area contributed by atoms with E-state index in [9.17, 15) is 0 Å². The maximum absolute atomic E-state index is 5.88. The molecule has 0 saturated carbocycles. The van der Waals surface area contributed by atoms with E-state index in [4.69, 9.17) is 16.6 Å². The van der Waals surface area contributed by atoms with Crippen molar-refractivity contribution in [2.45, 2.75) is 58.9 Å². The van der Waals surface area contributed by atoms with Gasteiger partial charge in [0, 0.05) is 24.2 Å². The second kappa shape index (κ2) is 7.63. The zero-order valence-corrected chi connectivity index (χ0v) is 12.8. The van der Waals surface area contributed by atoms with Crippen LogP contribution in [0.25, 0.3) is 0 Å². The summed E-state index contributed by atoms with van der Waals surface area (Å²) >= 11 is 5.88. The highest BCUT2D eigenvalue weighted by molar-refractivity contribution is 6.17. The Labute approximate surface area is 116 Å². The summed E-state index contributed by atoms with van der Waals surface area (Å²) in [6.45, 7) is 9.84. The molecule has 1 aromatic rings. The molecular formula is C15H25ClN2. The highest BCUT2D eigenvalue weighted by Crippen LogP contribution is 2.20. The number of pyridine rings is 1. The van der Waals surface area contributed by atoms with Gasteiger partial charge in [-0.25, -0.2) is 4.98 Å². The standard InChI is InChI=1S/C15H25ClN2/c1-5-7-10-18(12(3)6-2)15-9-8-14(11-16)13(4)17-15/h8-9,12H,5-7,10-11H2,1-4H3. The van der Waals surface area contributed by atoms with Gasteiger partial charge in [0.25, 0.3) is 0 Å². The van der Waals surface area contributed by atoms with Crippen LogP contribution < -0.4 is 4.90 Å². The molecule has 1 atom stereocenters. The molecule has 0 fully saturated rings. The van der Waals surface area contributed by atoms with Gasteiger partial charge in [0.15, 0.2) is 0 Å². The van der Waals surface area contributed by atoms with Crippen molar-refractivity contribution in [2.24, 2.45) is 0 Å². The van der Waals surface area contributed by atoms with Gasteiger partial charge in [0.2, 0.25) is 0 Å². The van der Waals surface area contributed by atoms with Crippen LogP contribution in [0.15, 0.2) is 12.1 Å². The van der Waals surface area contributed by atoms with Crippen LogP contribution in [0.5, 0.6) is 0 Å². The van der Waals surface area contributed by atoms with Crippen molar-refractivity contribution in [1.82, 2.24) is 4.98 Å². The average Bonchev–Trinajstić information content (AvgIpc) is 2.39. The number of alkyl halides is 1. The fourth-order valence-electron chi connectivity index (χ4n) is 1.99. The highest BCUT2D eigenvalue weighted by atomic mass is 35.5. The lowest BCUT2D eigenvalue weighted by Gasteiger charge is -2.30. The Balaban J connectivity index is 2.93. The summed E-state index contributed by atoms with van der Waals surface area (Å²) in [4.78, 5) is 7.12. The number of aromatic nitrogens is 1. The average molecular weight is 269 g/mol. The number of hydrogen-bond donors (Lipinski definition) is 0. The van der Waals surface area contributed by atoms with E-state index in [1.165, 1.54) is 12.8 Å². The molecule has 2 nitrogen and oxygen atoms in total. The van der Waals surface area contributed by atoms with Gasteiger partial charge in [-0.2, -0.15) is 0 Å². The molecule has 0 amide bonds. The van der Waals surface area contributed by atoms with E-state index >= 15 is 0 Å². The van der Waals surface area contributed by atoms with Gasteiger partial charge in [0.1, 0.15) is 5.82 Å². The fourth-order valence-corrected chi connectivity index (χ4v) is 2.27. The topological polar surface area (TPSA) is 16.1 Å². The van der Waals surface area contributed by atoms with Crippen molar-refractivity contribution in [3.05, 3.63) is 23.4 Å². The third-order valence-corrected chi connectivity index (χ3v) is 3.78. The van der Waals surface area contributed by atoms with E-state index < -0.39 is 0 Å². The quantitative estimate of drug-likeness (QED) is 0.675. The molecule has 0 N–H and O–H groups in total. The maximum atomic E-state index is 5.88. The molecule has 18 heavy (non-hydrogen) atoms. The van der Waals surface area contributed by atoms with Crippen molar-refractivity contribution in [3.8, 4) is 0 Å². The number of aryl methyl sites for hydroxylation is 1. The summed E-state index contributed by atoms with van der Waals surface area (Å²) in [6, 6.07) is 4.74. The molecule has 1 aromatic heterocycles. The van der Waals surface area contributed by atoms with E-state index in [1.807, 2.05) is 6.92 Å². The van der Waals surface area contributed by atoms with Crippen LogP contribution in [0.2, 0.25) is 0 Å². The lowest BCUT2D eigenvalue weighted by atomic mass is 10.1. The number of hydrogen-bond acceptors (Lipinski definition) is 2. The van der Waals surface area contributed by atoms with Crippen LogP contribution in [0, 0.1) is 6.92 Å². The molecule has 1 rings (SSSR count). The van der Waals surface area contributed by atoms with E-state index in [1.54, 1.807) is 0 Å². The minimum Gasteiger partial charge on any atom is -0.354 e. The molecule has 0 bridgehead atoms. The Kier molecular flexibility index (Phi) is 6.48. The summed E-state index contributed by atoms with van der Waals surface area (Å²) < 4.78 is 0. The summed E-state index contributed by atoms with van der Waals surface area (Å²) in [5.74, 6) is 1.63. The molecule has 0 aliphatic rings. The monoisotopic (exact) mass is 268 g/mol. The first-order chi connectivity index (χ1) is 8.63. The Morgan fingerprint density at radius 1 is 1.33 bits per heavy atom. The molecule has 3 heteroatoms. The molecule has 0 spiro atoms. The SMILES string of the molecule is CCCCN(c1ccc(CCl)c(C)n1)C(C)CC. The first-order valence-corrected chi connectivity index (χ1v) is 7.46. The molecule has 1 heterocycles. The Morgan fingerprint density at radius 2 is 2.06 bits per heavy atom. The smallest absolute Gasteiger partial charge is 0.129 e. The van der Waals surface area contributed by atoms with Crippen LogP contribution in [0.3, 0.4) is 0 Å². The van der Waals surface area contributed by atoms with Crippen LogP contribution in [-0.4, -0.2) is 17.6 Å². The van der Waals surface area contributed by atoms with Gasteiger partial charge in [-0.15, -0.1) is 11.6 Å². The van der Waals surface area contributed by atoms with Crippen LogP contribution >= 0.6 is 11.6 Å². The third kappa shape index (κ3) is 3.88. The number of unbranched alkanes of at least 4 members (excludes halogenated alkanes) is 1. The van der Waals surface area contributed by atoms with Crippen molar-refractivity contribution in [3.63, 3.8) is 0 Å². The fraction of sp³-hybridized carbons (Fsp3) is 0.667. The van der Waals surface area contributed by atoms with Crippen LogP contribution in [-0.2, 0) is 5.88 Å². The molecule has 0 aliphatic heterocycles. The maximum Gasteiger partial charge on any atom is 0.129 e. The predicted molar refractivity (Wildman–Crippen MR) is 80.5 cm³/mol. The van der Waals surface area contributed by atoms with Crippen molar-refractivity contribution in [2.75, 3.05) is 11.4 Å². The number of anilines is 1. The molecule has 0 aromatic carbocycles. The van der Waals surface area contributed by atoms with E-state index in [-0.39, 0.29) is 0 Å². The Morgan fingerprint density at radius 3 is 2.56 bits per heavy atom. The van der Waals surface area contributed by atoms with Gasteiger partial charge in [-0.05, 0) is 38.3 Å². The zero-order valence-electron chi connectivity index (χ0n) is 12.0. The molecule has 0 saturated heterocycles. The molecular weight excluding hydrogens is 244 g/mol. The van der Waals surface area contributed by atoms with Gasteiger partial charge in [-0.3, -0.25) is 0 Å². The first kappa shape index (κ1) is 15.3. The molecule has 1 unspecified atom stereocenters. The normalized spacial score (nSPS) is 12.5. The van der Waals surface area contributed by atoms with E-state index in [2.05, 4.69) is 37.8 Å². The summed E-state index contributed by atoms with van der Waals surface area (Å²) in [5, 5.41) is 0. The summed E-state index contributed by atoms with van der Waals surface area (Å²) in [6.07, 6.45) is 3.57. The highest BCUT2D eigenvalue weighted by Gasteiger charge is 2.14.